The van der Waals surface area contributed by atoms with Crippen molar-refractivity contribution in [3.63, 3.8) is 0 Å². The lowest BCUT2D eigenvalue weighted by molar-refractivity contribution is -0.147. The number of aliphatic hydroxyl groups excluding tert-OH is 1. The van der Waals surface area contributed by atoms with Gasteiger partial charge in [-0.3, -0.25) is 4.79 Å². The SMILES string of the molecule is CC(=O)CCC(=O)N1CC(C)OC(CO)C1. The third-order valence-corrected chi connectivity index (χ3v) is 2.57. The van der Waals surface area contributed by atoms with E-state index in [1.807, 2.05) is 6.92 Å². The van der Waals surface area contributed by atoms with Crippen molar-refractivity contribution in [2.24, 2.45) is 0 Å². The van der Waals surface area contributed by atoms with Gasteiger partial charge in [-0.1, -0.05) is 0 Å². The summed E-state index contributed by atoms with van der Waals surface area (Å²) in [6.45, 7) is 4.21. The Morgan fingerprint density at radius 1 is 1.38 bits per heavy atom. The van der Waals surface area contributed by atoms with Gasteiger partial charge in [0.2, 0.25) is 5.91 Å². The zero-order valence-electron chi connectivity index (χ0n) is 9.81. The number of morpholine rings is 1. The van der Waals surface area contributed by atoms with E-state index in [0.717, 1.165) is 0 Å². The summed E-state index contributed by atoms with van der Waals surface area (Å²) in [7, 11) is 0. The smallest absolute Gasteiger partial charge is 0.223 e. The second-order valence-electron chi connectivity index (χ2n) is 4.25. The molecule has 0 aromatic heterocycles. The van der Waals surface area contributed by atoms with E-state index in [1.54, 1.807) is 4.90 Å². The van der Waals surface area contributed by atoms with E-state index < -0.39 is 0 Å². The number of Topliss-reactive ketones (excluding diaryl/α,β-unsaturated/α-hetero) is 1. The standard InChI is InChI=1S/C11H19NO4/c1-8(14)3-4-11(15)12-5-9(2)16-10(6-12)7-13/h9-10,13H,3-7H2,1-2H3. The summed E-state index contributed by atoms with van der Waals surface area (Å²) in [6.07, 6.45) is 0.173. The number of carbonyl (C=O) groups is 2. The molecule has 0 saturated carbocycles. The number of aliphatic hydroxyl groups is 1. The first-order valence-electron chi connectivity index (χ1n) is 5.56. The number of hydrogen-bond donors (Lipinski definition) is 1. The second-order valence-corrected chi connectivity index (χ2v) is 4.25. The van der Waals surface area contributed by atoms with Crippen LogP contribution in [-0.4, -0.2) is 53.6 Å². The average molecular weight is 229 g/mol. The third-order valence-electron chi connectivity index (χ3n) is 2.57. The summed E-state index contributed by atoms with van der Waals surface area (Å²) in [5.41, 5.74) is 0. The molecule has 1 fully saturated rings. The van der Waals surface area contributed by atoms with Gasteiger partial charge in [-0.05, 0) is 13.8 Å². The molecule has 1 aliphatic heterocycles. The van der Waals surface area contributed by atoms with E-state index in [-0.39, 0.29) is 43.3 Å². The van der Waals surface area contributed by atoms with Gasteiger partial charge in [-0.25, -0.2) is 0 Å². The molecule has 1 amide bonds. The van der Waals surface area contributed by atoms with Gasteiger partial charge in [0.05, 0.1) is 18.8 Å². The van der Waals surface area contributed by atoms with Crippen LogP contribution < -0.4 is 0 Å². The Bertz CT molecular complexity index is 267. The molecule has 0 spiro atoms. The molecule has 1 aliphatic rings. The van der Waals surface area contributed by atoms with Gasteiger partial charge in [0.25, 0.3) is 0 Å². The topological polar surface area (TPSA) is 66.8 Å². The van der Waals surface area contributed by atoms with E-state index in [0.29, 0.717) is 13.1 Å². The maximum atomic E-state index is 11.7. The predicted molar refractivity (Wildman–Crippen MR) is 57.9 cm³/mol. The number of amides is 1. The van der Waals surface area contributed by atoms with Crippen LogP contribution in [0.15, 0.2) is 0 Å². The number of ether oxygens (including phenoxy) is 1. The summed E-state index contributed by atoms with van der Waals surface area (Å²) in [4.78, 5) is 24.2. The Kier molecular flexibility index (Phi) is 4.89. The van der Waals surface area contributed by atoms with Gasteiger partial charge >= 0.3 is 0 Å². The van der Waals surface area contributed by atoms with Crippen molar-refractivity contribution in [1.29, 1.82) is 0 Å². The zero-order chi connectivity index (χ0) is 12.1. The van der Waals surface area contributed by atoms with Gasteiger partial charge in [0, 0.05) is 25.9 Å². The van der Waals surface area contributed by atoms with Crippen LogP contribution in [-0.2, 0) is 14.3 Å². The van der Waals surface area contributed by atoms with Crippen molar-refractivity contribution in [2.45, 2.75) is 38.9 Å². The van der Waals surface area contributed by atoms with Gasteiger partial charge in [-0.15, -0.1) is 0 Å². The molecule has 92 valence electrons. The van der Waals surface area contributed by atoms with E-state index in [4.69, 9.17) is 9.84 Å². The van der Waals surface area contributed by atoms with Crippen LogP contribution in [0.1, 0.15) is 26.7 Å². The predicted octanol–water partition coefficient (Wildman–Crippen LogP) is -0.0362. The lowest BCUT2D eigenvalue weighted by Crippen LogP contribution is -2.50. The van der Waals surface area contributed by atoms with Crippen molar-refractivity contribution in [1.82, 2.24) is 4.90 Å². The minimum atomic E-state index is -0.301. The fraction of sp³-hybridized carbons (Fsp3) is 0.818. The van der Waals surface area contributed by atoms with Crippen molar-refractivity contribution >= 4 is 11.7 Å². The van der Waals surface area contributed by atoms with Gasteiger partial charge in [-0.2, -0.15) is 0 Å². The Balaban J connectivity index is 2.45. The van der Waals surface area contributed by atoms with Crippen molar-refractivity contribution in [3.05, 3.63) is 0 Å². The Morgan fingerprint density at radius 3 is 2.62 bits per heavy atom. The molecular weight excluding hydrogens is 210 g/mol. The zero-order valence-corrected chi connectivity index (χ0v) is 9.81. The first-order chi connectivity index (χ1) is 7.52. The van der Waals surface area contributed by atoms with E-state index in [1.165, 1.54) is 6.92 Å². The Morgan fingerprint density at radius 2 is 2.06 bits per heavy atom. The Labute approximate surface area is 95.4 Å². The number of rotatable bonds is 4. The summed E-state index contributed by atoms with van der Waals surface area (Å²) >= 11 is 0. The van der Waals surface area contributed by atoms with E-state index in [9.17, 15) is 9.59 Å². The van der Waals surface area contributed by atoms with E-state index in [2.05, 4.69) is 0 Å². The molecule has 1 rings (SSSR count). The maximum absolute atomic E-state index is 11.7. The van der Waals surface area contributed by atoms with Crippen molar-refractivity contribution in [3.8, 4) is 0 Å². The number of ketones is 1. The fourth-order valence-corrected chi connectivity index (χ4v) is 1.79. The monoisotopic (exact) mass is 229 g/mol. The van der Waals surface area contributed by atoms with Crippen LogP contribution in [0.3, 0.4) is 0 Å². The van der Waals surface area contributed by atoms with Crippen LogP contribution in [0.4, 0.5) is 0 Å². The van der Waals surface area contributed by atoms with Crippen molar-refractivity contribution < 1.29 is 19.4 Å². The summed E-state index contributed by atoms with van der Waals surface area (Å²) in [6, 6.07) is 0. The van der Waals surface area contributed by atoms with Gasteiger partial charge in [0.1, 0.15) is 5.78 Å². The summed E-state index contributed by atoms with van der Waals surface area (Å²) in [5, 5.41) is 9.01. The van der Waals surface area contributed by atoms with Crippen LogP contribution in [0.2, 0.25) is 0 Å². The summed E-state index contributed by atoms with van der Waals surface area (Å²) < 4.78 is 5.43. The highest BCUT2D eigenvalue weighted by Gasteiger charge is 2.27. The quantitative estimate of drug-likeness (QED) is 0.734. The molecule has 16 heavy (non-hydrogen) atoms. The van der Waals surface area contributed by atoms with Gasteiger partial charge < -0.3 is 19.5 Å². The number of nitrogens with zero attached hydrogens (tertiary/aromatic N) is 1. The second kappa shape index (κ2) is 5.96. The lowest BCUT2D eigenvalue weighted by Gasteiger charge is -2.36. The molecule has 0 aromatic rings. The molecular formula is C11H19NO4. The highest BCUT2D eigenvalue weighted by Crippen LogP contribution is 2.12. The molecule has 2 atom stereocenters. The average Bonchev–Trinajstić information content (AvgIpc) is 2.24. The minimum Gasteiger partial charge on any atom is -0.394 e. The third kappa shape index (κ3) is 3.90. The van der Waals surface area contributed by atoms with Gasteiger partial charge in [0.15, 0.2) is 0 Å². The molecule has 1 saturated heterocycles. The molecule has 1 N–H and O–H groups in total. The molecule has 0 bridgehead atoms. The largest absolute Gasteiger partial charge is 0.394 e. The molecule has 2 unspecified atom stereocenters. The normalized spacial score (nSPS) is 25.6. The fourth-order valence-electron chi connectivity index (χ4n) is 1.79. The molecule has 1 heterocycles. The first-order valence-corrected chi connectivity index (χ1v) is 5.56. The van der Waals surface area contributed by atoms with Crippen LogP contribution in [0.25, 0.3) is 0 Å². The van der Waals surface area contributed by atoms with Crippen LogP contribution >= 0.6 is 0 Å². The summed E-state index contributed by atoms with van der Waals surface area (Å²) in [5.74, 6) is -0.0165. The number of carbonyl (C=O) groups excluding carboxylic acids is 2. The number of hydrogen-bond acceptors (Lipinski definition) is 4. The van der Waals surface area contributed by atoms with E-state index >= 15 is 0 Å². The maximum Gasteiger partial charge on any atom is 0.223 e. The lowest BCUT2D eigenvalue weighted by atomic mass is 10.1. The molecule has 0 aromatic carbocycles. The van der Waals surface area contributed by atoms with Crippen molar-refractivity contribution in [2.75, 3.05) is 19.7 Å². The Hall–Kier alpha value is -0.940. The minimum absolute atomic E-state index is 0.0216. The van der Waals surface area contributed by atoms with Crippen LogP contribution in [0, 0.1) is 0 Å². The highest BCUT2D eigenvalue weighted by atomic mass is 16.5. The first kappa shape index (κ1) is 13.1. The highest BCUT2D eigenvalue weighted by molar-refractivity contribution is 5.83. The molecule has 5 nitrogen and oxygen atoms in total. The molecule has 0 aliphatic carbocycles. The molecule has 5 heteroatoms. The van der Waals surface area contributed by atoms with Crippen LogP contribution in [0.5, 0.6) is 0 Å². The molecule has 0 radical (unpaired) electrons.